The molecule has 0 aliphatic heterocycles. The lowest BCUT2D eigenvalue weighted by Crippen LogP contribution is -2.07. The van der Waals surface area contributed by atoms with Crippen molar-refractivity contribution < 1.29 is 13.6 Å². The topological polar surface area (TPSA) is 52.6 Å². The highest BCUT2D eigenvalue weighted by Crippen LogP contribution is 2.33. The zero-order valence-corrected chi connectivity index (χ0v) is 11.8. The molecule has 0 radical (unpaired) electrons. The molecule has 108 valence electrons. The van der Waals surface area contributed by atoms with E-state index in [2.05, 4.69) is 0 Å². The van der Waals surface area contributed by atoms with Gasteiger partial charge in [-0.3, -0.25) is 4.79 Å². The van der Waals surface area contributed by atoms with Gasteiger partial charge in [0.05, 0.1) is 18.8 Å². The SMILES string of the molecule is COc1c(-c2ccccc2)oc2c(ccc3ccoc32)c1=O. The molecule has 4 rings (SSSR count). The summed E-state index contributed by atoms with van der Waals surface area (Å²) in [5, 5.41) is 1.33. The molecule has 0 unspecified atom stereocenters. The molecule has 0 fully saturated rings. The average molecular weight is 292 g/mol. The standard InChI is InChI=1S/C18H12O4/c1-20-18-14(19)13-8-7-12-9-10-21-15(12)17(13)22-16(18)11-5-3-2-4-6-11/h2-10H,1H3. The molecule has 4 heteroatoms. The number of hydrogen-bond donors (Lipinski definition) is 0. The van der Waals surface area contributed by atoms with Gasteiger partial charge in [0, 0.05) is 10.9 Å². The van der Waals surface area contributed by atoms with Crippen LogP contribution in [-0.2, 0) is 0 Å². The van der Waals surface area contributed by atoms with Gasteiger partial charge < -0.3 is 13.6 Å². The normalized spacial score (nSPS) is 11.1. The van der Waals surface area contributed by atoms with Crippen LogP contribution in [-0.4, -0.2) is 7.11 Å². The van der Waals surface area contributed by atoms with Crippen LogP contribution in [0.3, 0.4) is 0 Å². The summed E-state index contributed by atoms with van der Waals surface area (Å²) in [6.07, 6.45) is 1.58. The third-order valence-corrected chi connectivity index (χ3v) is 3.68. The van der Waals surface area contributed by atoms with E-state index >= 15 is 0 Å². The molecule has 0 aliphatic carbocycles. The predicted octanol–water partition coefficient (Wildman–Crippen LogP) is 4.21. The number of fused-ring (bicyclic) bond motifs is 3. The van der Waals surface area contributed by atoms with Gasteiger partial charge >= 0.3 is 0 Å². The number of furan rings is 1. The smallest absolute Gasteiger partial charge is 0.235 e. The van der Waals surface area contributed by atoms with Crippen LogP contribution in [0.5, 0.6) is 5.75 Å². The van der Waals surface area contributed by atoms with Crippen LogP contribution < -0.4 is 10.2 Å². The summed E-state index contributed by atoms with van der Waals surface area (Å²) < 4.78 is 16.8. The van der Waals surface area contributed by atoms with Gasteiger partial charge in [-0.05, 0) is 12.1 Å². The lowest BCUT2D eigenvalue weighted by molar-refractivity contribution is 0.398. The van der Waals surface area contributed by atoms with Crippen molar-refractivity contribution in [3.63, 3.8) is 0 Å². The Hall–Kier alpha value is -3.01. The molecular weight excluding hydrogens is 280 g/mol. The van der Waals surface area contributed by atoms with Crippen LogP contribution in [0, 0.1) is 0 Å². The van der Waals surface area contributed by atoms with E-state index in [9.17, 15) is 4.79 Å². The highest BCUT2D eigenvalue weighted by molar-refractivity contribution is 6.01. The molecule has 0 atom stereocenters. The fourth-order valence-electron chi connectivity index (χ4n) is 2.62. The van der Waals surface area contributed by atoms with Crippen molar-refractivity contribution in [1.82, 2.24) is 0 Å². The molecule has 0 bridgehead atoms. The third kappa shape index (κ3) is 1.74. The van der Waals surface area contributed by atoms with Crippen molar-refractivity contribution >= 4 is 21.9 Å². The number of rotatable bonds is 2. The molecule has 0 N–H and O–H groups in total. The maximum atomic E-state index is 12.7. The lowest BCUT2D eigenvalue weighted by atomic mass is 10.1. The van der Waals surface area contributed by atoms with Crippen molar-refractivity contribution in [2.45, 2.75) is 0 Å². The van der Waals surface area contributed by atoms with E-state index in [0.29, 0.717) is 22.3 Å². The second kappa shape index (κ2) is 4.77. The van der Waals surface area contributed by atoms with Gasteiger partial charge in [-0.2, -0.15) is 0 Å². The van der Waals surface area contributed by atoms with Gasteiger partial charge in [0.2, 0.25) is 11.2 Å². The van der Waals surface area contributed by atoms with Gasteiger partial charge in [0.1, 0.15) is 0 Å². The van der Waals surface area contributed by atoms with Crippen LogP contribution >= 0.6 is 0 Å². The van der Waals surface area contributed by atoms with Crippen LogP contribution in [0.25, 0.3) is 33.3 Å². The van der Waals surface area contributed by atoms with Gasteiger partial charge in [-0.25, -0.2) is 0 Å². The van der Waals surface area contributed by atoms with Gasteiger partial charge in [0.15, 0.2) is 16.9 Å². The molecule has 0 aliphatic rings. The van der Waals surface area contributed by atoms with Crippen LogP contribution in [0.15, 0.2) is 68.4 Å². The molecule has 0 amide bonds. The zero-order chi connectivity index (χ0) is 15.1. The second-order valence-corrected chi connectivity index (χ2v) is 4.94. The summed E-state index contributed by atoms with van der Waals surface area (Å²) in [5.41, 5.74) is 1.57. The molecule has 4 nitrogen and oxygen atoms in total. The van der Waals surface area contributed by atoms with E-state index in [1.807, 2.05) is 42.5 Å². The Bertz CT molecular complexity index is 1030. The molecule has 0 saturated carbocycles. The molecule has 0 spiro atoms. The summed E-state index contributed by atoms with van der Waals surface area (Å²) in [6, 6.07) is 14.8. The molecular formula is C18H12O4. The van der Waals surface area contributed by atoms with E-state index < -0.39 is 0 Å². The zero-order valence-electron chi connectivity index (χ0n) is 11.8. The monoisotopic (exact) mass is 292 g/mol. The van der Waals surface area contributed by atoms with Crippen LogP contribution in [0.4, 0.5) is 0 Å². The summed E-state index contributed by atoms with van der Waals surface area (Å²) in [4.78, 5) is 12.7. The second-order valence-electron chi connectivity index (χ2n) is 4.94. The first-order chi connectivity index (χ1) is 10.8. The largest absolute Gasteiger partial charge is 0.490 e. The summed E-state index contributed by atoms with van der Waals surface area (Å²) >= 11 is 0. The number of ether oxygens (including phenoxy) is 1. The minimum atomic E-state index is -0.207. The van der Waals surface area contributed by atoms with Gasteiger partial charge in [-0.1, -0.05) is 36.4 Å². The fourth-order valence-corrected chi connectivity index (χ4v) is 2.62. The van der Waals surface area contributed by atoms with Crippen molar-refractivity contribution in [3.05, 3.63) is 65.0 Å². The minimum Gasteiger partial charge on any atom is -0.490 e. The van der Waals surface area contributed by atoms with E-state index in [1.165, 1.54) is 7.11 Å². The Labute approximate surface area is 125 Å². The number of methoxy groups -OCH3 is 1. The molecule has 2 aromatic carbocycles. The predicted molar refractivity (Wildman–Crippen MR) is 84.2 cm³/mol. The Morgan fingerprint density at radius 1 is 0.955 bits per heavy atom. The first-order valence-corrected chi connectivity index (χ1v) is 6.86. The van der Waals surface area contributed by atoms with Crippen LogP contribution in [0.1, 0.15) is 0 Å². The van der Waals surface area contributed by atoms with E-state index in [1.54, 1.807) is 12.3 Å². The van der Waals surface area contributed by atoms with Crippen LogP contribution in [0.2, 0.25) is 0 Å². The molecule has 22 heavy (non-hydrogen) atoms. The number of hydrogen-bond acceptors (Lipinski definition) is 4. The Morgan fingerprint density at radius 2 is 1.77 bits per heavy atom. The van der Waals surface area contributed by atoms with Gasteiger partial charge in [-0.15, -0.1) is 0 Å². The van der Waals surface area contributed by atoms with Crippen molar-refractivity contribution in [1.29, 1.82) is 0 Å². The molecule has 2 heterocycles. The van der Waals surface area contributed by atoms with Crippen molar-refractivity contribution in [2.75, 3.05) is 7.11 Å². The first-order valence-electron chi connectivity index (χ1n) is 6.86. The Balaban J connectivity index is 2.18. The average Bonchev–Trinajstić information content (AvgIpc) is 3.04. The Morgan fingerprint density at radius 3 is 2.55 bits per heavy atom. The number of benzene rings is 2. The quantitative estimate of drug-likeness (QED) is 0.555. The first kappa shape index (κ1) is 12.7. The highest BCUT2D eigenvalue weighted by Gasteiger charge is 2.19. The molecule has 4 aromatic rings. The summed E-state index contributed by atoms with van der Waals surface area (Å²) in [6.45, 7) is 0. The van der Waals surface area contributed by atoms with Crippen molar-refractivity contribution in [3.8, 4) is 17.1 Å². The van der Waals surface area contributed by atoms with E-state index in [4.69, 9.17) is 13.6 Å². The van der Waals surface area contributed by atoms with Gasteiger partial charge in [0.25, 0.3) is 0 Å². The summed E-state index contributed by atoms with van der Waals surface area (Å²) in [7, 11) is 1.47. The maximum Gasteiger partial charge on any atom is 0.235 e. The highest BCUT2D eigenvalue weighted by atomic mass is 16.5. The molecule has 2 aromatic heterocycles. The lowest BCUT2D eigenvalue weighted by Gasteiger charge is -2.09. The maximum absolute atomic E-state index is 12.7. The van der Waals surface area contributed by atoms with E-state index in [0.717, 1.165) is 10.9 Å². The minimum absolute atomic E-state index is 0.199. The Kier molecular flexibility index (Phi) is 2.76. The summed E-state index contributed by atoms with van der Waals surface area (Å²) in [5.74, 6) is 0.606. The third-order valence-electron chi connectivity index (χ3n) is 3.68. The van der Waals surface area contributed by atoms with E-state index in [-0.39, 0.29) is 11.2 Å². The molecule has 0 saturated heterocycles. The fraction of sp³-hybridized carbons (Fsp3) is 0.0556. The van der Waals surface area contributed by atoms with Crippen molar-refractivity contribution in [2.24, 2.45) is 0 Å².